The third-order valence-electron chi connectivity index (χ3n) is 3.69. The average Bonchev–Trinajstić information content (AvgIpc) is 2.56. The molecule has 1 fully saturated rings. The van der Waals surface area contributed by atoms with Gasteiger partial charge in [0.2, 0.25) is 0 Å². The van der Waals surface area contributed by atoms with E-state index in [4.69, 9.17) is 4.74 Å². The molecule has 1 heterocycles. The monoisotopic (exact) mass is 251 g/mol. The molecule has 1 aliphatic heterocycles. The van der Waals surface area contributed by atoms with Gasteiger partial charge in [0.05, 0.1) is 12.6 Å². The van der Waals surface area contributed by atoms with Gasteiger partial charge in [-0.15, -0.1) is 0 Å². The van der Waals surface area contributed by atoms with E-state index in [9.17, 15) is 9.18 Å². The quantitative estimate of drug-likeness (QED) is 0.826. The zero-order valence-corrected chi connectivity index (χ0v) is 11.0. The van der Waals surface area contributed by atoms with Crippen molar-refractivity contribution in [1.29, 1.82) is 0 Å². The summed E-state index contributed by atoms with van der Waals surface area (Å²) in [7, 11) is 1.57. The Morgan fingerprint density at radius 1 is 1.44 bits per heavy atom. The largest absolute Gasteiger partial charge is 0.496 e. The van der Waals surface area contributed by atoms with Crippen LogP contribution in [0.3, 0.4) is 0 Å². The maximum absolute atomic E-state index is 13.3. The van der Waals surface area contributed by atoms with Crippen molar-refractivity contribution in [3.05, 3.63) is 29.6 Å². The van der Waals surface area contributed by atoms with Gasteiger partial charge in [-0.05, 0) is 32.0 Å². The molecule has 1 saturated heterocycles. The first-order chi connectivity index (χ1) is 8.45. The summed E-state index contributed by atoms with van der Waals surface area (Å²) >= 11 is 0. The second-order valence-corrected chi connectivity index (χ2v) is 5.11. The molecule has 2 rings (SSSR count). The number of Topliss-reactive ketones (excluding diaryl/α,β-unsaturated/α-hetero) is 1. The summed E-state index contributed by atoms with van der Waals surface area (Å²) in [6.07, 6.45) is 0.560. The molecule has 0 amide bonds. The van der Waals surface area contributed by atoms with Crippen LogP contribution >= 0.6 is 0 Å². The molecule has 98 valence electrons. The fourth-order valence-corrected chi connectivity index (χ4v) is 2.35. The standard InChI is InChI=1S/C14H18FNO2/c1-14(2)13(17)6-7-16(14)9-10-8-11(15)4-5-12(10)18-3/h4-5,8H,6-7,9H2,1-3H3. The van der Waals surface area contributed by atoms with Gasteiger partial charge in [0, 0.05) is 25.1 Å². The van der Waals surface area contributed by atoms with Crippen LogP contribution in [0.25, 0.3) is 0 Å². The first-order valence-electron chi connectivity index (χ1n) is 6.06. The first-order valence-corrected chi connectivity index (χ1v) is 6.06. The molecule has 4 heteroatoms. The molecular weight excluding hydrogens is 233 g/mol. The number of hydrogen-bond acceptors (Lipinski definition) is 3. The zero-order chi connectivity index (χ0) is 13.3. The Balaban J connectivity index is 2.24. The summed E-state index contributed by atoms with van der Waals surface area (Å²) in [5, 5.41) is 0. The predicted molar refractivity (Wildman–Crippen MR) is 67.1 cm³/mol. The molecular formula is C14H18FNO2. The molecule has 1 aliphatic rings. The number of halogens is 1. The molecule has 1 aromatic carbocycles. The number of likely N-dealkylation sites (tertiary alicyclic amines) is 1. The lowest BCUT2D eigenvalue weighted by atomic mass is 10.00. The number of ether oxygens (including phenoxy) is 1. The lowest BCUT2D eigenvalue weighted by Gasteiger charge is -2.30. The van der Waals surface area contributed by atoms with E-state index >= 15 is 0 Å². The minimum atomic E-state index is -0.475. The molecule has 0 saturated carbocycles. The number of carbonyl (C=O) groups is 1. The van der Waals surface area contributed by atoms with Gasteiger partial charge in [-0.1, -0.05) is 0 Å². The van der Waals surface area contributed by atoms with Crippen LogP contribution in [0, 0.1) is 5.82 Å². The Hall–Kier alpha value is -1.42. The van der Waals surface area contributed by atoms with Crippen molar-refractivity contribution in [1.82, 2.24) is 4.90 Å². The van der Waals surface area contributed by atoms with E-state index in [1.54, 1.807) is 13.2 Å². The van der Waals surface area contributed by atoms with E-state index in [0.717, 1.165) is 5.56 Å². The Labute approximate surface area is 107 Å². The van der Waals surface area contributed by atoms with Gasteiger partial charge < -0.3 is 4.74 Å². The molecule has 0 aromatic heterocycles. The van der Waals surface area contributed by atoms with Crippen molar-refractivity contribution in [3.63, 3.8) is 0 Å². The molecule has 0 radical (unpaired) electrons. The topological polar surface area (TPSA) is 29.5 Å². The highest BCUT2D eigenvalue weighted by Gasteiger charge is 2.39. The third kappa shape index (κ3) is 2.25. The number of benzene rings is 1. The van der Waals surface area contributed by atoms with Gasteiger partial charge in [0.25, 0.3) is 0 Å². The van der Waals surface area contributed by atoms with E-state index in [2.05, 4.69) is 4.90 Å². The number of hydrogen-bond donors (Lipinski definition) is 0. The fraction of sp³-hybridized carbons (Fsp3) is 0.500. The van der Waals surface area contributed by atoms with Crippen LogP contribution in [-0.2, 0) is 11.3 Å². The summed E-state index contributed by atoms with van der Waals surface area (Å²) in [5.41, 5.74) is 0.303. The lowest BCUT2D eigenvalue weighted by molar-refractivity contribution is -0.123. The van der Waals surface area contributed by atoms with Crippen LogP contribution in [0.4, 0.5) is 4.39 Å². The van der Waals surface area contributed by atoms with Crippen LogP contribution in [-0.4, -0.2) is 29.9 Å². The SMILES string of the molecule is COc1ccc(F)cc1CN1CCC(=O)C1(C)C. The minimum Gasteiger partial charge on any atom is -0.496 e. The van der Waals surface area contributed by atoms with Gasteiger partial charge >= 0.3 is 0 Å². The third-order valence-corrected chi connectivity index (χ3v) is 3.69. The van der Waals surface area contributed by atoms with Crippen LogP contribution in [0.15, 0.2) is 18.2 Å². The minimum absolute atomic E-state index is 0.234. The van der Waals surface area contributed by atoms with Crippen molar-refractivity contribution in [2.75, 3.05) is 13.7 Å². The fourth-order valence-electron chi connectivity index (χ4n) is 2.35. The summed E-state index contributed by atoms with van der Waals surface area (Å²) < 4.78 is 18.5. The van der Waals surface area contributed by atoms with E-state index in [1.165, 1.54) is 12.1 Å². The van der Waals surface area contributed by atoms with Crippen LogP contribution < -0.4 is 4.74 Å². The summed E-state index contributed by atoms with van der Waals surface area (Å²) in [4.78, 5) is 13.8. The van der Waals surface area contributed by atoms with Crippen molar-refractivity contribution >= 4 is 5.78 Å². The molecule has 0 N–H and O–H groups in total. The molecule has 3 nitrogen and oxygen atoms in total. The normalized spacial score (nSPS) is 19.2. The van der Waals surface area contributed by atoms with Crippen LogP contribution in [0.1, 0.15) is 25.8 Å². The Bertz CT molecular complexity index is 471. The van der Waals surface area contributed by atoms with E-state index in [-0.39, 0.29) is 11.6 Å². The molecule has 0 atom stereocenters. The van der Waals surface area contributed by atoms with E-state index in [1.807, 2.05) is 13.8 Å². The van der Waals surface area contributed by atoms with Crippen molar-refractivity contribution in [2.45, 2.75) is 32.4 Å². The summed E-state index contributed by atoms with van der Waals surface area (Å²) in [5.74, 6) is 0.610. The summed E-state index contributed by atoms with van der Waals surface area (Å²) in [6.45, 7) is 5.06. The highest BCUT2D eigenvalue weighted by atomic mass is 19.1. The number of nitrogens with zero attached hydrogens (tertiary/aromatic N) is 1. The molecule has 0 bridgehead atoms. The second kappa shape index (κ2) is 4.69. The van der Waals surface area contributed by atoms with Gasteiger partial charge in [0.15, 0.2) is 5.78 Å². The first kappa shape index (κ1) is 13.0. The summed E-state index contributed by atoms with van der Waals surface area (Å²) in [6, 6.07) is 4.47. The van der Waals surface area contributed by atoms with Crippen LogP contribution in [0.5, 0.6) is 5.75 Å². The van der Waals surface area contributed by atoms with Crippen LogP contribution in [0.2, 0.25) is 0 Å². The van der Waals surface area contributed by atoms with Gasteiger partial charge in [-0.3, -0.25) is 9.69 Å². The molecule has 18 heavy (non-hydrogen) atoms. The van der Waals surface area contributed by atoms with Gasteiger partial charge in [-0.25, -0.2) is 4.39 Å². The maximum atomic E-state index is 13.3. The molecule has 0 aliphatic carbocycles. The highest BCUT2D eigenvalue weighted by Crippen LogP contribution is 2.29. The number of rotatable bonds is 3. The number of ketones is 1. The number of methoxy groups -OCH3 is 1. The Morgan fingerprint density at radius 3 is 2.72 bits per heavy atom. The Kier molecular flexibility index (Phi) is 3.39. The van der Waals surface area contributed by atoms with Gasteiger partial charge in [-0.2, -0.15) is 0 Å². The average molecular weight is 251 g/mol. The maximum Gasteiger partial charge on any atom is 0.153 e. The lowest BCUT2D eigenvalue weighted by Crippen LogP contribution is -2.42. The smallest absolute Gasteiger partial charge is 0.153 e. The Morgan fingerprint density at radius 2 is 2.17 bits per heavy atom. The molecule has 0 unspecified atom stereocenters. The number of carbonyl (C=O) groups excluding carboxylic acids is 1. The van der Waals surface area contributed by atoms with Crippen molar-refractivity contribution < 1.29 is 13.9 Å². The predicted octanol–water partition coefficient (Wildman–Crippen LogP) is 2.39. The van der Waals surface area contributed by atoms with E-state index < -0.39 is 5.54 Å². The van der Waals surface area contributed by atoms with Crippen molar-refractivity contribution in [3.8, 4) is 5.75 Å². The highest BCUT2D eigenvalue weighted by molar-refractivity contribution is 5.89. The molecule has 0 spiro atoms. The zero-order valence-electron chi connectivity index (χ0n) is 11.0. The molecule has 1 aromatic rings. The second-order valence-electron chi connectivity index (χ2n) is 5.11. The van der Waals surface area contributed by atoms with Gasteiger partial charge in [0.1, 0.15) is 11.6 Å². The van der Waals surface area contributed by atoms with Crippen molar-refractivity contribution in [2.24, 2.45) is 0 Å². The van der Waals surface area contributed by atoms with E-state index in [0.29, 0.717) is 25.3 Å².